The molecule has 1 aromatic heterocycles. The average Bonchev–Trinajstić information content (AvgIpc) is 3.28. The molecule has 0 aliphatic heterocycles. The van der Waals surface area contributed by atoms with Gasteiger partial charge in [-0.3, -0.25) is 4.79 Å². The second kappa shape index (κ2) is 6.73. The predicted octanol–water partition coefficient (Wildman–Crippen LogP) is 5.27. The molecule has 1 amide bonds. The van der Waals surface area contributed by atoms with Gasteiger partial charge in [-0.2, -0.15) is 4.99 Å². The van der Waals surface area contributed by atoms with Crippen molar-refractivity contribution in [3.05, 3.63) is 49.7 Å². The molecule has 25 heavy (non-hydrogen) atoms. The van der Waals surface area contributed by atoms with Crippen LogP contribution in [0.2, 0.25) is 5.02 Å². The Kier molecular flexibility index (Phi) is 4.95. The summed E-state index contributed by atoms with van der Waals surface area (Å²) in [6.45, 7) is 11.6. The van der Waals surface area contributed by atoms with Gasteiger partial charge in [-0.05, 0) is 55.7 Å². The molecule has 3 rings (SSSR count). The third kappa shape index (κ3) is 3.90. The highest BCUT2D eigenvalue weighted by atomic mass is 35.5. The standard InChI is InChI=1S/C20H25ClN2OS/c1-12-15(7-6-8-16(12)21)18(24)22-19-23(11-14-9-10-14)13(2)17(25-19)20(3,4)5/h6-8,14H,9-11H2,1-5H3/b22-19-. The fourth-order valence-corrected chi connectivity index (χ4v) is 4.40. The molecule has 1 fully saturated rings. The first-order valence-electron chi connectivity index (χ1n) is 8.73. The summed E-state index contributed by atoms with van der Waals surface area (Å²) in [5.74, 6) is 0.509. The molecule has 0 radical (unpaired) electrons. The summed E-state index contributed by atoms with van der Waals surface area (Å²) in [5, 5.41) is 0.602. The molecule has 3 nitrogen and oxygen atoms in total. The molecule has 0 saturated heterocycles. The van der Waals surface area contributed by atoms with Gasteiger partial charge in [-0.15, -0.1) is 11.3 Å². The Morgan fingerprint density at radius 1 is 1.32 bits per heavy atom. The molecule has 2 aromatic rings. The predicted molar refractivity (Wildman–Crippen MR) is 105 cm³/mol. The molecule has 0 spiro atoms. The van der Waals surface area contributed by atoms with Crippen LogP contribution >= 0.6 is 22.9 Å². The first-order valence-corrected chi connectivity index (χ1v) is 9.93. The third-order valence-electron chi connectivity index (χ3n) is 4.67. The van der Waals surface area contributed by atoms with E-state index < -0.39 is 0 Å². The van der Waals surface area contributed by atoms with E-state index in [1.165, 1.54) is 23.4 Å². The van der Waals surface area contributed by atoms with Crippen molar-refractivity contribution >= 4 is 28.8 Å². The van der Waals surface area contributed by atoms with E-state index in [-0.39, 0.29) is 11.3 Å². The Morgan fingerprint density at radius 3 is 2.60 bits per heavy atom. The fourth-order valence-electron chi connectivity index (χ4n) is 3.03. The Morgan fingerprint density at radius 2 is 2.00 bits per heavy atom. The van der Waals surface area contributed by atoms with E-state index in [1.807, 2.05) is 6.92 Å². The smallest absolute Gasteiger partial charge is 0.279 e. The van der Waals surface area contributed by atoms with Gasteiger partial charge in [0.05, 0.1) is 0 Å². The van der Waals surface area contributed by atoms with Crippen molar-refractivity contribution in [2.24, 2.45) is 10.9 Å². The van der Waals surface area contributed by atoms with Crippen LogP contribution in [-0.2, 0) is 12.0 Å². The van der Waals surface area contributed by atoms with Crippen LogP contribution in [0.5, 0.6) is 0 Å². The average molecular weight is 377 g/mol. The molecule has 0 unspecified atom stereocenters. The Balaban J connectivity index is 2.09. The molecule has 1 saturated carbocycles. The maximum Gasteiger partial charge on any atom is 0.279 e. The number of rotatable bonds is 3. The summed E-state index contributed by atoms with van der Waals surface area (Å²) in [7, 11) is 0. The molecule has 1 aromatic carbocycles. The van der Waals surface area contributed by atoms with Crippen molar-refractivity contribution in [3.63, 3.8) is 0 Å². The second-order valence-corrected chi connectivity index (χ2v) is 9.32. The van der Waals surface area contributed by atoms with Crippen molar-refractivity contribution in [3.8, 4) is 0 Å². The van der Waals surface area contributed by atoms with Gasteiger partial charge in [-0.1, -0.05) is 38.4 Å². The highest BCUT2D eigenvalue weighted by molar-refractivity contribution is 7.09. The maximum absolute atomic E-state index is 12.8. The van der Waals surface area contributed by atoms with Crippen molar-refractivity contribution in [2.45, 2.75) is 59.4 Å². The van der Waals surface area contributed by atoms with Gasteiger partial charge < -0.3 is 4.57 Å². The molecule has 0 atom stereocenters. The lowest BCUT2D eigenvalue weighted by molar-refractivity contribution is 0.0997. The number of aromatic nitrogens is 1. The molecule has 134 valence electrons. The normalized spacial score (nSPS) is 15.7. The lowest BCUT2D eigenvalue weighted by Crippen LogP contribution is -2.20. The van der Waals surface area contributed by atoms with Gasteiger partial charge in [0.25, 0.3) is 5.91 Å². The highest BCUT2D eigenvalue weighted by Gasteiger charge is 2.27. The van der Waals surface area contributed by atoms with E-state index >= 15 is 0 Å². The van der Waals surface area contributed by atoms with Gasteiger partial charge in [-0.25, -0.2) is 0 Å². The van der Waals surface area contributed by atoms with Crippen LogP contribution < -0.4 is 4.80 Å². The Labute approximate surface area is 158 Å². The number of carbonyl (C=O) groups excluding carboxylic acids is 1. The number of hydrogen-bond donors (Lipinski definition) is 0. The zero-order valence-electron chi connectivity index (χ0n) is 15.5. The van der Waals surface area contributed by atoms with E-state index in [9.17, 15) is 4.79 Å². The van der Waals surface area contributed by atoms with Crippen LogP contribution in [0.4, 0.5) is 0 Å². The van der Waals surface area contributed by atoms with Crippen LogP contribution in [0.25, 0.3) is 0 Å². The van der Waals surface area contributed by atoms with Crippen molar-refractivity contribution in [2.75, 3.05) is 0 Å². The van der Waals surface area contributed by atoms with Gasteiger partial charge in [0, 0.05) is 27.7 Å². The molecular formula is C20H25ClN2OS. The van der Waals surface area contributed by atoms with E-state index in [1.54, 1.807) is 29.5 Å². The summed E-state index contributed by atoms with van der Waals surface area (Å²) in [6.07, 6.45) is 2.54. The van der Waals surface area contributed by atoms with Crippen LogP contribution in [-0.4, -0.2) is 10.5 Å². The molecule has 5 heteroatoms. The van der Waals surface area contributed by atoms with Gasteiger partial charge in [0.1, 0.15) is 0 Å². The summed E-state index contributed by atoms with van der Waals surface area (Å²) >= 11 is 7.80. The summed E-state index contributed by atoms with van der Waals surface area (Å²) in [5.41, 5.74) is 2.65. The molecular weight excluding hydrogens is 352 g/mol. The largest absolute Gasteiger partial charge is 0.320 e. The minimum Gasteiger partial charge on any atom is -0.320 e. The molecule has 1 heterocycles. The molecule has 1 aliphatic rings. The van der Waals surface area contributed by atoms with Crippen LogP contribution in [0, 0.1) is 19.8 Å². The Hall–Kier alpha value is -1.39. The number of hydrogen-bond acceptors (Lipinski definition) is 2. The van der Waals surface area contributed by atoms with Crippen molar-refractivity contribution in [1.29, 1.82) is 0 Å². The number of halogens is 1. The van der Waals surface area contributed by atoms with Gasteiger partial charge >= 0.3 is 0 Å². The van der Waals surface area contributed by atoms with Crippen LogP contribution in [0.3, 0.4) is 0 Å². The van der Waals surface area contributed by atoms with Crippen LogP contribution in [0.15, 0.2) is 23.2 Å². The van der Waals surface area contributed by atoms with Gasteiger partial charge in [0.15, 0.2) is 4.80 Å². The van der Waals surface area contributed by atoms with Gasteiger partial charge in [0.2, 0.25) is 0 Å². The molecule has 0 N–H and O–H groups in total. The SMILES string of the molecule is Cc1c(Cl)cccc1C(=O)/N=c1\sc(C(C)(C)C)c(C)n1CC1CC1. The first-order chi connectivity index (χ1) is 11.7. The van der Waals surface area contributed by atoms with Crippen molar-refractivity contribution in [1.82, 2.24) is 4.57 Å². The monoisotopic (exact) mass is 376 g/mol. The summed E-state index contributed by atoms with van der Waals surface area (Å²) in [4.78, 5) is 19.4. The highest BCUT2D eigenvalue weighted by Crippen LogP contribution is 2.33. The van der Waals surface area contributed by atoms with Crippen molar-refractivity contribution < 1.29 is 4.79 Å². The molecule has 1 aliphatic carbocycles. The first kappa shape index (κ1) is 18.4. The number of amides is 1. The lowest BCUT2D eigenvalue weighted by atomic mass is 9.93. The Bertz CT molecular complexity index is 882. The number of thiazole rings is 1. The van der Waals surface area contributed by atoms with E-state index in [0.717, 1.165) is 22.8 Å². The topological polar surface area (TPSA) is 34.4 Å². The minimum absolute atomic E-state index is 0.0445. The zero-order valence-corrected chi connectivity index (χ0v) is 17.1. The fraction of sp³-hybridized carbons (Fsp3) is 0.500. The summed E-state index contributed by atoms with van der Waals surface area (Å²) < 4.78 is 2.24. The van der Waals surface area contributed by atoms with Crippen LogP contribution in [0.1, 0.15) is 60.1 Å². The second-order valence-electron chi connectivity index (χ2n) is 7.93. The van der Waals surface area contributed by atoms with E-state index in [2.05, 4.69) is 37.3 Å². The van der Waals surface area contributed by atoms with E-state index in [0.29, 0.717) is 10.6 Å². The number of carbonyl (C=O) groups is 1. The lowest BCUT2D eigenvalue weighted by Gasteiger charge is -2.17. The summed E-state index contributed by atoms with van der Waals surface area (Å²) in [6, 6.07) is 5.40. The minimum atomic E-state index is -0.216. The number of benzene rings is 1. The van der Waals surface area contributed by atoms with E-state index in [4.69, 9.17) is 11.6 Å². The maximum atomic E-state index is 12.8. The number of nitrogens with zero attached hydrogens (tertiary/aromatic N) is 2. The quantitative estimate of drug-likeness (QED) is 0.718. The zero-order chi connectivity index (χ0) is 18.4. The molecule has 0 bridgehead atoms. The third-order valence-corrected chi connectivity index (χ3v) is 6.69.